The fourth-order valence-electron chi connectivity index (χ4n) is 3.65. The maximum atomic E-state index is 12.9. The van der Waals surface area contributed by atoms with E-state index in [1.807, 2.05) is 32.0 Å². The number of carbonyl (C=O) groups is 1. The van der Waals surface area contributed by atoms with Crippen LogP contribution in [0.1, 0.15) is 43.3 Å². The summed E-state index contributed by atoms with van der Waals surface area (Å²) in [5, 5.41) is 6.75. The third-order valence-electron chi connectivity index (χ3n) is 5.43. The summed E-state index contributed by atoms with van der Waals surface area (Å²) in [5.41, 5.74) is 5.71. The number of hydrogen-bond donors (Lipinski definition) is 3. The van der Waals surface area contributed by atoms with E-state index in [9.17, 15) is 9.59 Å². The van der Waals surface area contributed by atoms with E-state index in [1.165, 1.54) is 16.9 Å². The summed E-state index contributed by atoms with van der Waals surface area (Å²) in [7, 11) is 0. The van der Waals surface area contributed by atoms with Gasteiger partial charge in [0.05, 0.1) is 16.8 Å². The Labute approximate surface area is 190 Å². The molecule has 0 radical (unpaired) electrons. The zero-order valence-corrected chi connectivity index (χ0v) is 19.4. The lowest BCUT2D eigenvalue weighted by atomic mass is 10.1. The minimum Gasteiger partial charge on any atom is -0.321 e. The van der Waals surface area contributed by atoms with E-state index >= 15 is 0 Å². The number of amides is 1. The number of benzene rings is 2. The summed E-state index contributed by atoms with van der Waals surface area (Å²) in [6.45, 7) is 8.93. The Morgan fingerprint density at radius 2 is 1.72 bits per heavy atom. The normalized spacial score (nSPS) is 11.1. The topological polar surface area (TPSA) is 86.9 Å². The molecule has 3 N–H and O–H groups in total. The van der Waals surface area contributed by atoms with Crippen molar-refractivity contribution in [2.75, 3.05) is 5.32 Å². The number of anilines is 1. The monoisotopic (exact) mass is 446 g/mol. The Bertz CT molecular complexity index is 1350. The van der Waals surface area contributed by atoms with E-state index in [-0.39, 0.29) is 11.5 Å². The molecular formula is C25H26N4O2S. The third-order valence-corrected chi connectivity index (χ3v) is 6.61. The van der Waals surface area contributed by atoms with Gasteiger partial charge in [-0.1, -0.05) is 47.5 Å². The molecule has 7 heteroatoms. The Kier molecular flexibility index (Phi) is 6.21. The molecule has 6 nitrogen and oxygen atoms in total. The average Bonchev–Trinajstić information content (AvgIpc) is 3.08. The number of aromatic amines is 1. The first-order valence-corrected chi connectivity index (χ1v) is 11.3. The first-order chi connectivity index (χ1) is 15.3. The Hall–Kier alpha value is -3.29. The summed E-state index contributed by atoms with van der Waals surface area (Å²) in [6.07, 6.45) is 0. The molecule has 2 aromatic heterocycles. The van der Waals surface area contributed by atoms with Crippen LogP contribution < -0.4 is 16.2 Å². The number of rotatable bonds is 6. The number of thiophene rings is 1. The van der Waals surface area contributed by atoms with E-state index in [0.29, 0.717) is 39.6 Å². The lowest BCUT2D eigenvalue weighted by Crippen LogP contribution is -2.19. The van der Waals surface area contributed by atoms with E-state index in [1.54, 1.807) is 6.92 Å². The molecule has 32 heavy (non-hydrogen) atoms. The van der Waals surface area contributed by atoms with Crippen LogP contribution in [-0.4, -0.2) is 15.9 Å². The second-order valence-corrected chi connectivity index (χ2v) is 9.11. The predicted octanol–water partition coefficient (Wildman–Crippen LogP) is 4.76. The van der Waals surface area contributed by atoms with Crippen LogP contribution in [0, 0.1) is 27.7 Å². The molecule has 0 atom stereocenters. The van der Waals surface area contributed by atoms with Crippen LogP contribution in [0.25, 0.3) is 10.2 Å². The second kappa shape index (κ2) is 9.06. The van der Waals surface area contributed by atoms with Crippen molar-refractivity contribution in [3.63, 3.8) is 0 Å². The summed E-state index contributed by atoms with van der Waals surface area (Å²) in [5.74, 6) is 0.327. The van der Waals surface area contributed by atoms with Gasteiger partial charge in [0.1, 0.15) is 10.7 Å². The first kappa shape index (κ1) is 21.9. The van der Waals surface area contributed by atoms with E-state index in [2.05, 4.69) is 51.8 Å². The van der Waals surface area contributed by atoms with E-state index < -0.39 is 0 Å². The number of aromatic nitrogens is 2. The minimum atomic E-state index is -0.226. The summed E-state index contributed by atoms with van der Waals surface area (Å²) < 4.78 is 0. The van der Waals surface area contributed by atoms with Crippen molar-refractivity contribution in [1.82, 2.24) is 15.3 Å². The Balaban J connectivity index is 1.53. The number of aryl methyl sites for hydroxylation is 4. The molecular weight excluding hydrogens is 420 g/mol. The van der Waals surface area contributed by atoms with Gasteiger partial charge in [0.2, 0.25) is 0 Å². The molecule has 0 saturated heterocycles. The van der Waals surface area contributed by atoms with Gasteiger partial charge in [0.25, 0.3) is 11.5 Å². The minimum absolute atomic E-state index is 0.221. The van der Waals surface area contributed by atoms with Crippen LogP contribution in [0.3, 0.4) is 0 Å². The molecule has 0 spiro atoms. The third kappa shape index (κ3) is 4.64. The van der Waals surface area contributed by atoms with Gasteiger partial charge in [-0.25, -0.2) is 4.98 Å². The Morgan fingerprint density at radius 3 is 2.44 bits per heavy atom. The van der Waals surface area contributed by atoms with Gasteiger partial charge in [-0.05, 0) is 50.5 Å². The van der Waals surface area contributed by atoms with Crippen molar-refractivity contribution in [1.29, 1.82) is 0 Å². The van der Waals surface area contributed by atoms with Crippen molar-refractivity contribution < 1.29 is 4.79 Å². The van der Waals surface area contributed by atoms with Crippen LogP contribution >= 0.6 is 11.3 Å². The average molecular weight is 447 g/mol. The summed E-state index contributed by atoms with van der Waals surface area (Å²) in [6, 6.07) is 14.2. The fraction of sp³-hybridized carbons (Fsp3) is 0.240. The maximum absolute atomic E-state index is 12.9. The highest BCUT2D eigenvalue weighted by Gasteiger charge is 2.20. The van der Waals surface area contributed by atoms with Crippen molar-refractivity contribution in [3.05, 3.63) is 91.3 Å². The lowest BCUT2D eigenvalue weighted by Gasteiger charge is -2.08. The molecule has 0 unspecified atom stereocenters. The van der Waals surface area contributed by atoms with Crippen molar-refractivity contribution in [3.8, 4) is 0 Å². The molecule has 4 rings (SSSR count). The predicted molar refractivity (Wildman–Crippen MR) is 131 cm³/mol. The van der Waals surface area contributed by atoms with Gasteiger partial charge in [-0.15, -0.1) is 11.3 Å². The van der Waals surface area contributed by atoms with Crippen LogP contribution in [0.2, 0.25) is 0 Å². The zero-order chi connectivity index (χ0) is 22.8. The van der Waals surface area contributed by atoms with Gasteiger partial charge >= 0.3 is 0 Å². The number of carbonyl (C=O) groups excluding carboxylic acids is 1. The number of H-pyrrole nitrogens is 1. The zero-order valence-electron chi connectivity index (χ0n) is 18.6. The number of nitrogens with zero attached hydrogens (tertiary/aromatic N) is 1. The molecule has 0 fully saturated rings. The van der Waals surface area contributed by atoms with Crippen molar-refractivity contribution in [2.24, 2.45) is 0 Å². The highest BCUT2D eigenvalue weighted by molar-refractivity contribution is 7.20. The molecule has 1 amide bonds. The molecule has 0 bridgehead atoms. The van der Waals surface area contributed by atoms with Gasteiger partial charge in [-0.3, -0.25) is 9.59 Å². The maximum Gasteiger partial charge on any atom is 0.266 e. The summed E-state index contributed by atoms with van der Waals surface area (Å²) >= 11 is 1.25. The molecule has 0 aliphatic rings. The highest BCUT2D eigenvalue weighted by Crippen LogP contribution is 2.28. The molecule has 2 aromatic carbocycles. The lowest BCUT2D eigenvalue weighted by molar-refractivity contribution is 0.103. The second-order valence-electron chi connectivity index (χ2n) is 8.11. The molecule has 4 aromatic rings. The smallest absolute Gasteiger partial charge is 0.266 e. The van der Waals surface area contributed by atoms with Crippen molar-refractivity contribution in [2.45, 2.75) is 40.8 Å². The number of hydrogen-bond acceptors (Lipinski definition) is 5. The van der Waals surface area contributed by atoms with Crippen molar-refractivity contribution >= 4 is 33.1 Å². The van der Waals surface area contributed by atoms with Crippen LogP contribution in [0.4, 0.5) is 5.69 Å². The molecule has 0 saturated carbocycles. The standard InChI is InChI=1S/C25H26N4O2S/c1-14-5-8-18(9-6-14)12-26-13-20-28-23(30)21-17(4)22(32-25(21)29-20)24(31)27-19-10-7-15(2)11-16(19)3/h5-11,26H,12-13H2,1-4H3,(H,27,31)(H,28,29,30). The SMILES string of the molecule is Cc1ccc(CNCc2nc3sc(C(=O)Nc4ccc(C)cc4C)c(C)c3c(=O)[nH]2)cc1. The fourth-order valence-corrected chi connectivity index (χ4v) is 4.75. The van der Waals surface area contributed by atoms with E-state index in [4.69, 9.17) is 0 Å². The quantitative estimate of drug-likeness (QED) is 0.399. The molecule has 0 aliphatic heterocycles. The Morgan fingerprint density at radius 1 is 1.00 bits per heavy atom. The van der Waals surface area contributed by atoms with E-state index in [0.717, 1.165) is 22.4 Å². The van der Waals surface area contributed by atoms with Gasteiger partial charge in [0, 0.05) is 12.2 Å². The van der Waals surface area contributed by atoms with Gasteiger partial charge in [-0.2, -0.15) is 0 Å². The van der Waals surface area contributed by atoms with Gasteiger partial charge in [0.15, 0.2) is 0 Å². The highest BCUT2D eigenvalue weighted by atomic mass is 32.1. The summed E-state index contributed by atoms with van der Waals surface area (Å²) in [4.78, 5) is 34.2. The van der Waals surface area contributed by atoms with Crippen LogP contribution in [-0.2, 0) is 13.1 Å². The number of nitrogens with one attached hydrogen (secondary N) is 3. The van der Waals surface area contributed by atoms with Gasteiger partial charge < -0.3 is 15.6 Å². The number of fused-ring (bicyclic) bond motifs is 1. The molecule has 164 valence electrons. The van der Waals surface area contributed by atoms with Crippen LogP contribution in [0.5, 0.6) is 0 Å². The van der Waals surface area contributed by atoms with Crippen LogP contribution in [0.15, 0.2) is 47.3 Å². The molecule has 2 heterocycles. The largest absolute Gasteiger partial charge is 0.321 e. The molecule has 0 aliphatic carbocycles. The first-order valence-electron chi connectivity index (χ1n) is 10.5.